The Labute approximate surface area is 162 Å². The standard InChI is InChI=1S/C20H22N2O6/c1-26-16-5-3-14(4-6-16)17-11-15(20(25)27-2)12-22(19(17)24)13-18(23)21-7-9-28-10-8-21/h3-6,11-12H,7-10,13H2,1-2H3. The number of benzene rings is 1. The van der Waals surface area contributed by atoms with E-state index in [0.717, 1.165) is 0 Å². The fraction of sp³-hybridized carbons (Fsp3) is 0.350. The third kappa shape index (κ3) is 4.23. The Balaban J connectivity index is 1.99. The summed E-state index contributed by atoms with van der Waals surface area (Å²) in [4.78, 5) is 39.3. The zero-order valence-electron chi connectivity index (χ0n) is 15.8. The van der Waals surface area contributed by atoms with Crippen molar-refractivity contribution in [1.29, 1.82) is 0 Å². The summed E-state index contributed by atoms with van der Waals surface area (Å²) in [7, 11) is 2.82. The van der Waals surface area contributed by atoms with Crippen molar-refractivity contribution in [2.75, 3.05) is 40.5 Å². The van der Waals surface area contributed by atoms with Gasteiger partial charge < -0.3 is 23.7 Å². The van der Waals surface area contributed by atoms with E-state index < -0.39 is 5.97 Å². The van der Waals surface area contributed by atoms with Gasteiger partial charge in [0, 0.05) is 24.8 Å². The Hall–Kier alpha value is -3.13. The molecule has 0 saturated carbocycles. The van der Waals surface area contributed by atoms with Crippen LogP contribution in [0.1, 0.15) is 10.4 Å². The van der Waals surface area contributed by atoms with Gasteiger partial charge >= 0.3 is 5.97 Å². The van der Waals surface area contributed by atoms with E-state index in [1.54, 1.807) is 36.3 Å². The number of rotatable bonds is 5. The minimum atomic E-state index is -0.581. The lowest BCUT2D eigenvalue weighted by Gasteiger charge is -2.27. The number of aromatic nitrogens is 1. The number of hydrogen-bond acceptors (Lipinski definition) is 6. The van der Waals surface area contributed by atoms with Crippen LogP contribution in [0.5, 0.6) is 5.75 Å². The smallest absolute Gasteiger partial charge is 0.339 e. The van der Waals surface area contributed by atoms with Crippen LogP contribution in [0, 0.1) is 0 Å². The van der Waals surface area contributed by atoms with Crippen LogP contribution in [0.15, 0.2) is 41.3 Å². The van der Waals surface area contributed by atoms with Crippen LogP contribution >= 0.6 is 0 Å². The minimum Gasteiger partial charge on any atom is -0.497 e. The number of methoxy groups -OCH3 is 2. The number of amides is 1. The van der Waals surface area contributed by atoms with Crippen molar-refractivity contribution in [2.45, 2.75) is 6.54 Å². The number of morpholine rings is 1. The molecule has 148 valence electrons. The van der Waals surface area contributed by atoms with Gasteiger partial charge in [-0.2, -0.15) is 0 Å². The van der Waals surface area contributed by atoms with E-state index >= 15 is 0 Å². The third-order valence-corrected chi connectivity index (χ3v) is 4.58. The van der Waals surface area contributed by atoms with Crippen molar-refractivity contribution in [3.8, 4) is 16.9 Å². The lowest BCUT2D eigenvalue weighted by molar-refractivity contribution is -0.135. The highest BCUT2D eigenvalue weighted by Gasteiger charge is 2.20. The maximum Gasteiger partial charge on any atom is 0.339 e. The van der Waals surface area contributed by atoms with Gasteiger partial charge in [-0.3, -0.25) is 9.59 Å². The fourth-order valence-corrected chi connectivity index (χ4v) is 3.02. The topological polar surface area (TPSA) is 87.1 Å². The third-order valence-electron chi connectivity index (χ3n) is 4.58. The van der Waals surface area contributed by atoms with Gasteiger partial charge in [0.05, 0.1) is 33.0 Å². The molecule has 1 aromatic carbocycles. The summed E-state index contributed by atoms with van der Waals surface area (Å²) in [5.41, 5.74) is 0.756. The zero-order valence-corrected chi connectivity index (χ0v) is 15.8. The second-order valence-electron chi connectivity index (χ2n) is 6.29. The molecule has 2 heterocycles. The quantitative estimate of drug-likeness (QED) is 0.717. The molecule has 3 rings (SSSR count). The number of carbonyl (C=O) groups excluding carboxylic acids is 2. The molecule has 0 aliphatic carbocycles. The van der Waals surface area contributed by atoms with E-state index in [-0.39, 0.29) is 23.6 Å². The zero-order chi connectivity index (χ0) is 20.1. The largest absolute Gasteiger partial charge is 0.497 e. The molecule has 1 aliphatic rings. The maximum atomic E-state index is 13.0. The van der Waals surface area contributed by atoms with Gasteiger partial charge in [-0.1, -0.05) is 12.1 Å². The van der Waals surface area contributed by atoms with Crippen LogP contribution in [0.3, 0.4) is 0 Å². The van der Waals surface area contributed by atoms with Gasteiger partial charge in [-0.15, -0.1) is 0 Å². The predicted molar refractivity (Wildman–Crippen MR) is 101 cm³/mol. The summed E-state index contributed by atoms with van der Waals surface area (Å²) in [5, 5.41) is 0. The molecular formula is C20H22N2O6. The molecule has 2 aromatic rings. The molecule has 0 spiro atoms. The average Bonchev–Trinajstić information content (AvgIpc) is 2.75. The Morgan fingerprint density at radius 1 is 1.11 bits per heavy atom. The normalized spacial score (nSPS) is 13.9. The summed E-state index contributed by atoms with van der Waals surface area (Å²) in [5.74, 6) is -0.133. The molecule has 8 heteroatoms. The Morgan fingerprint density at radius 3 is 2.39 bits per heavy atom. The second kappa shape index (κ2) is 8.71. The Morgan fingerprint density at radius 2 is 1.79 bits per heavy atom. The lowest BCUT2D eigenvalue weighted by atomic mass is 10.1. The number of carbonyl (C=O) groups is 2. The number of pyridine rings is 1. The predicted octanol–water partition coefficient (Wildman–Crippen LogP) is 1.17. The van der Waals surface area contributed by atoms with Crippen LogP contribution in [-0.4, -0.2) is 61.9 Å². The summed E-state index contributed by atoms with van der Waals surface area (Å²) in [6.07, 6.45) is 1.36. The minimum absolute atomic E-state index is 0.160. The molecule has 28 heavy (non-hydrogen) atoms. The van der Waals surface area contributed by atoms with Crippen LogP contribution in [0.4, 0.5) is 0 Å². The highest BCUT2D eigenvalue weighted by Crippen LogP contribution is 2.21. The summed E-state index contributed by atoms with van der Waals surface area (Å²) in [6, 6.07) is 8.38. The average molecular weight is 386 g/mol. The number of esters is 1. The van der Waals surface area contributed by atoms with Gasteiger partial charge in [0.15, 0.2) is 0 Å². The molecule has 0 unspecified atom stereocenters. The summed E-state index contributed by atoms with van der Waals surface area (Å²) in [6.45, 7) is 1.75. The fourth-order valence-electron chi connectivity index (χ4n) is 3.02. The van der Waals surface area contributed by atoms with Crippen molar-refractivity contribution >= 4 is 11.9 Å². The lowest BCUT2D eigenvalue weighted by Crippen LogP contribution is -2.43. The first-order valence-corrected chi connectivity index (χ1v) is 8.86. The molecular weight excluding hydrogens is 364 g/mol. The van der Waals surface area contributed by atoms with Crippen molar-refractivity contribution < 1.29 is 23.8 Å². The van der Waals surface area contributed by atoms with Crippen molar-refractivity contribution in [3.63, 3.8) is 0 Å². The number of nitrogens with zero attached hydrogens (tertiary/aromatic N) is 2. The number of hydrogen-bond donors (Lipinski definition) is 0. The monoisotopic (exact) mass is 386 g/mol. The molecule has 0 atom stereocenters. The van der Waals surface area contributed by atoms with Crippen LogP contribution in [0.2, 0.25) is 0 Å². The van der Waals surface area contributed by atoms with E-state index in [1.807, 2.05) is 0 Å². The van der Waals surface area contributed by atoms with Crippen molar-refractivity contribution in [1.82, 2.24) is 9.47 Å². The molecule has 0 N–H and O–H groups in total. The van der Waals surface area contributed by atoms with E-state index in [2.05, 4.69) is 0 Å². The molecule has 0 radical (unpaired) electrons. The summed E-state index contributed by atoms with van der Waals surface area (Å²) < 4.78 is 16.4. The van der Waals surface area contributed by atoms with E-state index in [1.165, 1.54) is 23.9 Å². The van der Waals surface area contributed by atoms with Gasteiger partial charge in [-0.25, -0.2) is 4.79 Å². The van der Waals surface area contributed by atoms with Crippen LogP contribution in [-0.2, 0) is 20.8 Å². The first-order valence-electron chi connectivity index (χ1n) is 8.86. The molecule has 1 aromatic heterocycles. The highest BCUT2D eigenvalue weighted by atomic mass is 16.5. The molecule has 1 saturated heterocycles. The van der Waals surface area contributed by atoms with Gasteiger partial charge in [0.1, 0.15) is 12.3 Å². The van der Waals surface area contributed by atoms with Crippen molar-refractivity contribution in [2.24, 2.45) is 0 Å². The van der Waals surface area contributed by atoms with Gasteiger partial charge in [-0.05, 0) is 23.8 Å². The number of ether oxygens (including phenoxy) is 3. The SMILES string of the molecule is COC(=O)c1cc(-c2ccc(OC)cc2)c(=O)n(CC(=O)N2CCOCC2)c1. The first kappa shape index (κ1) is 19.6. The van der Waals surface area contributed by atoms with E-state index in [0.29, 0.717) is 43.2 Å². The first-order chi connectivity index (χ1) is 13.5. The second-order valence-corrected chi connectivity index (χ2v) is 6.29. The van der Waals surface area contributed by atoms with Crippen LogP contribution < -0.4 is 10.3 Å². The highest BCUT2D eigenvalue weighted by molar-refractivity contribution is 5.90. The molecule has 1 fully saturated rings. The maximum absolute atomic E-state index is 13.0. The van der Waals surface area contributed by atoms with Gasteiger partial charge in [0.25, 0.3) is 5.56 Å². The molecule has 0 bridgehead atoms. The van der Waals surface area contributed by atoms with E-state index in [4.69, 9.17) is 14.2 Å². The van der Waals surface area contributed by atoms with E-state index in [9.17, 15) is 14.4 Å². The van der Waals surface area contributed by atoms with Crippen molar-refractivity contribution in [3.05, 3.63) is 52.4 Å². The molecule has 1 amide bonds. The Bertz CT molecular complexity index is 913. The molecule has 8 nitrogen and oxygen atoms in total. The molecule has 1 aliphatic heterocycles. The Kier molecular flexibility index (Phi) is 6.10. The summed E-state index contributed by atoms with van der Waals surface area (Å²) >= 11 is 0. The van der Waals surface area contributed by atoms with Crippen LogP contribution in [0.25, 0.3) is 11.1 Å². The van der Waals surface area contributed by atoms with Gasteiger partial charge in [0.2, 0.25) is 5.91 Å².